The van der Waals surface area contributed by atoms with Crippen LogP contribution in [0.4, 0.5) is 0 Å². The van der Waals surface area contributed by atoms with Crippen LogP contribution in [0.3, 0.4) is 0 Å². The SMILES string of the molecule is C=CCC1CCPC(C(CCC)C(C)C)C1. The quantitative estimate of drug-likeness (QED) is 0.448. The number of hydrogen-bond acceptors (Lipinski definition) is 0. The van der Waals surface area contributed by atoms with Crippen LogP contribution >= 0.6 is 8.58 Å². The molecule has 4 unspecified atom stereocenters. The van der Waals surface area contributed by atoms with Crippen molar-refractivity contribution < 1.29 is 0 Å². The Morgan fingerprint density at radius 1 is 1.44 bits per heavy atom. The maximum atomic E-state index is 3.90. The first kappa shape index (κ1) is 14.2. The van der Waals surface area contributed by atoms with Gasteiger partial charge in [-0.05, 0) is 55.3 Å². The van der Waals surface area contributed by atoms with E-state index in [2.05, 4.69) is 33.4 Å². The number of rotatable bonds is 6. The molecule has 0 nitrogen and oxygen atoms in total. The van der Waals surface area contributed by atoms with Crippen molar-refractivity contribution in [3.8, 4) is 0 Å². The minimum atomic E-state index is 0.875. The van der Waals surface area contributed by atoms with Crippen molar-refractivity contribution in [3.63, 3.8) is 0 Å². The molecule has 1 aliphatic rings. The Balaban J connectivity index is 2.52. The minimum absolute atomic E-state index is 0.875. The molecule has 1 heteroatoms. The van der Waals surface area contributed by atoms with Crippen molar-refractivity contribution in [2.24, 2.45) is 17.8 Å². The molecule has 1 fully saturated rings. The van der Waals surface area contributed by atoms with Gasteiger partial charge < -0.3 is 0 Å². The molecule has 1 rings (SSSR count). The fourth-order valence-electron chi connectivity index (χ4n) is 3.14. The van der Waals surface area contributed by atoms with E-state index in [1.807, 2.05) is 0 Å². The van der Waals surface area contributed by atoms with Gasteiger partial charge in [0.15, 0.2) is 0 Å². The Bertz CT molecular complexity index is 198. The fourth-order valence-corrected chi connectivity index (χ4v) is 5.44. The van der Waals surface area contributed by atoms with E-state index in [0.29, 0.717) is 0 Å². The summed E-state index contributed by atoms with van der Waals surface area (Å²) in [5.74, 6) is 2.80. The van der Waals surface area contributed by atoms with E-state index < -0.39 is 0 Å². The molecule has 94 valence electrons. The molecule has 1 heterocycles. The summed E-state index contributed by atoms with van der Waals surface area (Å²) < 4.78 is 0. The highest BCUT2D eigenvalue weighted by atomic mass is 31.1. The van der Waals surface area contributed by atoms with Gasteiger partial charge in [0.1, 0.15) is 0 Å². The molecule has 1 saturated heterocycles. The molecular weight excluding hydrogens is 211 g/mol. The maximum Gasteiger partial charge on any atom is -0.0203 e. The average molecular weight is 240 g/mol. The monoisotopic (exact) mass is 240 g/mol. The van der Waals surface area contributed by atoms with Crippen molar-refractivity contribution in [2.75, 3.05) is 6.16 Å². The van der Waals surface area contributed by atoms with Gasteiger partial charge in [-0.25, -0.2) is 0 Å². The van der Waals surface area contributed by atoms with E-state index in [4.69, 9.17) is 0 Å². The van der Waals surface area contributed by atoms with Crippen LogP contribution in [0.25, 0.3) is 0 Å². The average Bonchev–Trinajstić information content (AvgIpc) is 2.26. The lowest BCUT2D eigenvalue weighted by Crippen LogP contribution is -2.27. The van der Waals surface area contributed by atoms with Crippen LogP contribution < -0.4 is 0 Å². The summed E-state index contributed by atoms with van der Waals surface area (Å²) in [7, 11) is 1.23. The number of hydrogen-bond donors (Lipinski definition) is 0. The largest absolute Gasteiger partial charge is 0.119 e. The molecule has 0 aromatic rings. The molecule has 0 amide bonds. The van der Waals surface area contributed by atoms with Crippen molar-refractivity contribution in [1.29, 1.82) is 0 Å². The van der Waals surface area contributed by atoms with Crippen LogP contribution in [0, 0.1) is 17.8 Å². The highest BCUT2D eigenvalue weighted by Gasteiger charge is 2.28. The summed E-state index contributed by atoms with van der Waals surface area (Å²) in [6.07, 6.45) is 10.6. The van der Waals surface area contributed by atoms with E-state index in [-0.39, 0.29) is 0 Å². The van der Waals surface area contributed by atoms with Crippen molar-refractivity contribution >= 4 is 8.58 Å². The van der Waals surface area contributed by atoms with Gasteiger partial charge in [-0.1, -0.05) is 33.3 Å². The van der Waals surface area contributed by atoms with Crippen LogP contribution in [0.1, 0.15) is 52.9 Å². The van der Waals surface area contributed by atoms with Crippen LogP contribution in [-0.4, -0.2) is 11.8 Å². The molecule has 0 saturated carbocycles. The second kappa shape index (κ2) is 7.49. The summed E-state index contributed by atoms with van der Waals surface area (Å²) in [6.45, 7) is 11.1. The molecule has 0 spiro atoms. The van der Waals surface area contributed by atoms with E-state index in [9.17, 15) is 0 Å². The van der Waals surface area contributed by atoms with Gasteiger partial charge >= 0.3 is 0 Å². The van der Waals surface area contributed by atoms with Crippen LogP contribution in [0.2, 0.25) is 0 Å². The third kappa shape index (κ3) is 4.21. The molecule has 4 atom stereocenters. The van der Waals surface area contributed by atoms with E-state index in [1.165, 1.54) is 46.8 Å². The van der Waals surface area contributed by atoms with Gasteiger partial charge in [-0.3, -0.25) is 0 Å². The van der Waals surface area contributed by atoms with Gasteiger partial charge in [0.2, 0.25) is 0 Å². The van der Waals surface area contributed by atoms with Crippen molar-refractivity contribution in [2.45, 2.75) is 58.5 Å². The van der Waals surface area contributed by atoms with Gasteiger partial charge in [0.05, 0.1) is 0 Å². The summed E-state index contributed by atoms with van der Waals surface area (Å²) in [6, 6.07) is 0. The topological polar surface area (TPSA) is 0 Å². The fraction of sp³-hybridized carbons (Fsp3) is 0.867. The lowest BCUT2D eigenvalue weighted by Gasteiger charge is -2.36. The molecule has 16 heavy (non-hydrogen) atoms. The first-order chi connectivity index (χ1) is 7.69. The Labute approximate surface area is 104 Å². The van der Waals surface area contributed by atoms with Crippen LogP contribution in [-0.2, 0) is 0 Å². The number of allylic oxidation sites excluding steroid dienone is 1. The zero-order valence-corrected chi connectivity index (χ0v) is 12.3. The Morgan fingerprint density at radius 2 is 2.19 bits per heavy atom. The minimum Gasteiger partial charge on any atom is -0.119 e. The third-order valence-corrected chi connectivity index (χ3v) is 5.81. The lowest BCUT2D eigenvalue weighted by molar-refractivity contribution is 0.298. The molecule has 0 radical (unpaired) electrons. The Kier molecular flexibility index (Phi) is 6.66. The Hall–Kier alpha value is 0.170. The standard InChI is InChI=1S/C15H29P/c1-5-7-13-9-10-16-15(11-13)14(8-6-2)12(3)4/h5,12-16H,1,6-11H2,2-4H3. The van der Waals surface area contributed by atoms with Gasteiger partial charge in [0.25, 0.3) is 0 Å². The third-order valence-electron chi connectivity index (χ3n) is 4.04. The molecule has 0 aromatic heterocycles. The predicted octanol–water partition coefficient (Wildman–Crippen LogP) is 5.09. The molecule has 1 aliphatic heterocycles. The molecule has 0 aliphatic carbocycles. The van der Waals surface area contributed by atoms with E-state index in [0.717, 1.165) is 23.4 Å². The van der Waals surface area contributed by atoms with Crippen molar-refractivity contribution in [1.82, 2.24) is 0 Å². The Morgan fingerprint density at radius 3 is 2.75 bits per heavy atom. The van der Waals surface area contributed by atoms with Gasteiger partial charge in [-0.2, -0.15) is 0 Å². The second-order valence-electron chi connectivity index (χ2n) is 5.67. The molecule has 0 aromatic carbocycles. The normalized spacial score (nSPS) is 29.5. The van der Waals surface area contributed by atoms with Gasteiger partial charge in [-0.15, -0.1) is 15.2 Å². The highest BCUT2D eigenvalue weighted by Crippen LogP contribution is 2.43. The summed E-state index contributed by atoms with van der Waals surface area (Å²) in [5, 5.41) is 0. The summed E-state index contributed by atoms with van der Waals surface area (Å²) in [4.78, 5) is 0. The van der Waals surface area contributed by atoms with Gasteiger partial charge in [0, 0.05) is 0 Å². The zero-order chi connectivity index (χ0) is 12.0. The molecule has 0 bridgehead atoms. The first-order valence-electron chi connectivity index (χ1n) is 7.03. The smallest absolute Gasteiger partial charge is 0.0203 e. The van der Waals surface area contributed by atoms with Crippen LogP contribution in [0.5, 0.6) is 0 Å². The summed E-state index contributed by atoms with van der Waals surface area (Å²) >= 11 is 0. The molecular formula is C15H29P. The van der Waals surface area contributed by atoms with E-state index in [1.54, 1.807) is 0 Å². The highest BCUT2D eigenvalue weighted by molar-refractivity contribution is 7.39. The van der Waals surface area contributed by atoms with Crippen molar-refractivity contribution in [3.05, 3.63) is 12.7 Å². The molecule has 0 N–H and O–H groups in total. The zero-order valence-electron chi connectivity index (χ0n) is 11.3. The summed E-state index contributed by atoms with van der Waals surface area (Å²) in [5.41, 5.74) is 1.03. The maximum absolute atomic E-state index is 3.90. The lowest BCUT2D eigenvalue weighted by atomic mass is 9.82. The first-order valence-corrected chi connectivity index (χ1v) is 8.31. The predicted molar refractivity (Wildman–Crippen MR) is 77.7 cm³/mol. The van der Waals surface area contributed by atoms with Crippen LogP contribution in [0.15, 0.2) is 12.7 Å². The second-order valence-corrected chi connectivity index (χ2v) is 7.32. The van der Waals surface area contributed by atoms with E-state index >= 15 is 0 Å².